The summed E-state index contributed by atoms with van der Waals surface area (Å²) in [5.74, 6) is 0.169. The molecule has 6 heteroatoms. The van der Waals surface area contributed by atoms with Crippen molar-refractivity contribution in [2.75, 3.05) is 5.32 Å². The zero-order chi connectivity index (χ0) is 16.8. The molecule has 3 aromatic rings. The lowest BCUT2D eigenvalue weighted by molar-refractivity contribution is -0.112. The van der Waals surface area contributed by atoms with Crippen LogP contribution in [0.25, 0.3) is 6.08 Å². The van der Waals surface area contributed by atoms with Crippen LogP contribution in [-0.4, -0.2) is 16.1 Å². The highest BCUT2D eigenvalue weighted by molar-refractivity contribution is 7.10. The van der Waals surface area contributed by atoms with E-state index in [2.05, 4.69) is 34.6 Å². The van der Waals surface area contributed by atoms with Gasteiger partial charge >= 0.3 is 6.01 Å². The normalized spacial score (nSPS) is 11.0. The van der Waals surface area contributed by atoms with Crippen LogP contribution in [0.15, 0.2) is 52.3 Å². The lowest BCUT2D eigenvalue weighted by atomic mass is 10.1. The van der Waals surface area contributed by atoms with Gasteiger partial charge in [0, 0.05) is 11.0 Å². The Bertz CT molecular complexity index is 820. The number of hydrogen-bond donors (Lipinski definition) is 1. The zero-order valence-corrected chi connectivity index (χ0v) is 14.0. The number of hydrogen-bond acceptors (Lipinski definition) is 5. The molecule has 0 saturated heterocycles. The predicted octanol–water partition coefficient (Wildman–Crippen LogP) is 3.94. The monoisotopic (exact) mass is 339 g/mol. The standard InChI is InChI=1S/C18H17N3O2S/c1-2-13-5-7-14(8-6-13)12-17-20-21-18(23-17)19-16(22)10-9-15-4-3-11-24-15/h3-11H,2,12H2,1H3,(H,19,21,22). The summed E-state index contributed by atoms with van der Waals surface area (Å²) in [7, 11) is 0. The minimum absolute atomic E-state index is 0.107. The van der Waals surface area contributed by atoms with Crippen LogP contribution in [0.3, 0.4) is 0 Å². The predicted molar refractivity (Wildman–Crippen MR) is 94.9 cm³/mol. The van der Waals surface area contributed by atoms with Gasteiger partial charge in [0.2, 0.25) is 5.89 Å². The van der Waals surface area contributed by atoms with Crippen molar-refractivity contribution in [3.05, 3.63) is 69.7 Å². The van der Waals surface area contributed by atoms with Gasteiger partial charge in [0.05, 0.1) is 6.42 Å². The van der Waals surface area contributed by atoms with Gasteiger partial charge in [-0.15, -0.1) is 16.4 Å². The molecule has 5 nitrogen and oxygen atoms in total. The van der Waals surface area contributed by atoms with E-state index in [1.165, 1.54) is 11.6 Å². The fourth-order valence-corrected chi connectivity index (χ4v) is 2.75. The molecular formula is C18H17N3O2S. The molecule has 1 amide bonds. The first-order valence-electron chi connectivity index (χ1n) is 7.65. The molecule has 1 N–H and O–H groups in total. The van der Waals surface area contributed by atoms with E-state index in [0.717, 1.165) is 16.9 Å². The third-order valence-corrected chi connectivity index (χ3v) is 4.26. The summed E-state index contributed by atoms with van der Waals surface area (Å²) in [5, 5.41) is 12.3. The lowest BCUT2D eigenvalue weighted by Crippen LogP contribution is -2.07. The lowest BCUT2D eigenvalue weighted by Gasteiger charge is -1.99. The molecule has 0 atom stereocenters. The van der Waals surface area contributed by atoms with E-state index in [9.17, 15) is 4.79 Å². The number of carbonyl (C=O) groups is 1. The number of anilines is 1. The Morgan fingerprint density at radius 2 is 2.00 bits per heavy atom. The smallest absolute Gasteiger partial charge is 0.322 e. The number of aryl methyl sites for hydroxylation is 1. The summed E-state index contributed by atoms with van der Waals surface area (Å²) >= 11 is 1.56. The Hall–Kier alpha value is -2.73. The number of aromatic nitrogens is 2. The fraction of sp³-hybridized carbons (Fsp3) is 0.167. The quantitative estimate of drug-likeness (QED) is 0.691. The topological polar surface area (TPSA) is 68.0 Å². The number of nitrogens with one attached hydrogen (secondary N) is 1. The molecule has 122 valence electrons. The molecule has 0 aliphatic heterocycles. The number of rotatable bonds is 6. The summed E-state index contributed by atoms with van der Waals surface area (Å²) in [6.07, 6.45) is 4.74. The maximum Gasteiger partial charge on any atom is 0.322 e. The average Bonchev–Trinajstić information content (AvgIpc) is 3.26. The van der Waals surface area contributed by atoms with Gasteiger partial charge in [0.1, 0.15) is 0 Å². The molecule has 24 heavy (non-hydrogen) atoms. The molecule has 0 spiro atoms. The maximum absolute atomic E-state index is 11.8. The van der Waals surface area contributed by atoms with E-state index in [1.807, 2.05) is 29.6 Å². The Kier molecular flexibility index (Phi) is 5.18. The van der Waals surface area contributed by atoms with Gasteiger partial charge in [-0.05, 0) is 35.1 Å². The summed E-state index contributed by atoms with van der Waals surface area (Å²) < 4.78 is 5.47. The largest absolute Gasteiger partial charge is 0.407 e. The minimum Gasteiger partial charge on any atom is -0.407 e. The van der Waals surface area contributed by atoms with Gasteiger partial charge in [0.25, 0.3) is 5.91 Å². The van der Waals surface area contributed by atoms with E-state index in [4.69, 9.17) is 4.42 Å². The van der Waals surface area contributed by atoms with Crippen LogP contribution in [0.4, 0.5) is 6.01 Å². The van der Waals surface area contributed by atoms with Gasteiger partial charge in [-0.3, -0.25) is 10.1 Å². The van der Waals surface area contributed by atoms with E-state index in [1.54, 1.807) is 17.4 Å². The Morgan fingerprint density at radius 1 is 1.21 bits per heavy atom. The molecule has 0 unspecified atom stereocenters. The SMILES string of the molecule is CCc1ccc(Cc2nnc(NC(=O)C=Cc3cccs3)o2)cc1. The van der Waals surface area contributed by atoms with E-state index in [0.29, 0.717) is 12.3 Å². The first kappa shape index (κ1) is 16.1. The highest BCUT2D eigenvalue weighted by Gasteiger charge is 2.09. The van der Waals surface area contributed by atoms with Crippen LogP contribution in [-0.2, 0) is 17.6 Å². The molecule has 1 aromatic carbocycles. The molecule has 0 fully saturated rings. The fourth-order valence-electron chi connectivity index (χ4n) is 2.13. The van der Waals surface area contributed by atoms with Crippen LogP contribution in [0, 0.1) is 0 Å². The number of carbonyl (C=O) groups excluding carboxylic acids is 1. The van der Waals surface area contributed by atoms with Crippen molar-refractivity contribution in [2.24, 2.45) is 0 Å². The van der Waals surface area contributed by atoms with Gasteiger partial charge < -0.3 is 4.42 Å². The summed E-state index contributed by atoms with van der Waals surface area (Å²) in [6.45, 7) is 2.12. The van der Waals surface area contributed by atoms with Crippen molar-refractivity contribution < 1.29 is 9.21 Å². The molecular weight excluding hydrogens is 322 g/mol. The average molecular weight is 339 g/mol. The van der Waals surface area contributed by atoms with E-state index < -0.39 is 0 Å². The second-order valence-corrected chi connectivity index (χ2v) is 6.17. The molecule has 3 rings (SSSR count). The zero-order valence-electron chi connectivity index (χ0n) is 13.2. The molecule has 2 aromatic heterocycles. The van der Waals surface area contributed by atoms with Gasteiger partial charge in [-0.2, -0.15) is 0 Å². The van der Waals surface area contributed by atoms with Crippen molar-refractivity contribution in [1.82, 2.24) is 10.2 Å². The van der Waals surface area contributed by atoms with Crippen molar-refractivity contribution in [3.8, 4) is 0 Å². The van der Waals surface area contributed by atoms with E-state index in [-0.39, 0.29) is 11.9 Å². The Balaban J connectivity index is 1.57. The van der Waals surface area contributed by atoms with Crippen molar-refractivity contribution in [2.45, 2.75) is 19.8 Å². The Labute approximate surface area is 144 Å². The van der Waals surface area contributed by atoms with Gasteiger partial charge in [-0.1, -0.05) is 42.4 Å². The van der Waals surface area contributed by atoms with Gasteiger partial charge in [-0.25, -0.2) is 0 Å². The molecule has 2 heterocycles. The molecule has 0 aliphatic carbocycles. The molecule has 0 saturated carbocycles. The highest BCUT2D eigenvalue weighted by atomic mass is 32.1. The van der Waals surface area contributed by atoms with Crippen LogP contribution >= 0.6 is 11.3 Å². The third-order valence-electron chi connectivity index (χ3n) is 3.43. The highest BCUT2D eigenvalue weighted by Crippen LogP contribution is 2.13. The third kappa shape index (κ3) is 4.39. The number of thiophene rings is 1. The van der Waals surface area contributed by atoms with Crippen molar-refractivity contribution in [1.29, 1.82) is 0 Å². The first-order chi connectivity index (χ1) is 11.7. The summed E-state index contributed by atoms with van der Waals surface area (Å²) in [5.41, 5.74) is 2.38. The maximum atomic E-state index is 11.8. The van der Waals surface area contributed by atoms with Crippen LogP contribution in [0.1, 0.15) is 28.8 Å². The molecule has 0 radical (unpaired) electrons. The number of benzene rings is 1. The summed E-state index contributed by atoms with van der Waals surface area (Å²) in [4.78, 5) is 12.8. The second-order valence-electron chi connectivity index (χ2n) is 5.19. The van der Waals surface area contributed by atoms with E-state index >= 15 is 0 Å². The summed E-state index contributed by atoms with van der Waals surface area (Å²) in [6, 6.07) is 12.2. The first-order valence-corrected chi connectivity index (χ1v) is 8.53. The van der Waals surface area contributed by atoms with Crippen LogP contribution in [0.2, 0.25) is 0 Å². The van der Waals surface area contributed by atoms with Crippen molar-refractivity contribution in [3.63, 3.8) is 0 Å². The second kappa shape index (κ2) is 7.70. The number of nitrogens with zero attached hydrogens (tertiary/aromatic N) is 2. The minimum atomic E-state index is -0.300. The molecule has 0 bridgehead atoms. The molecule has 0 aliphatic rings. The number of amides is 1. The Morgan fingerprint density at radius 3 is 2.71 bits per heavy atom. The van der Waals surface area contributed by atoms with Gasteiger partial charge in [0.15, 0.2) is 0 Å². The van der Waals surface area contributed by atoms with Crippen LogP contribution < -0.4 is 5.32 Å². The van der Waals surface area contributed by atoms with Crippen molar-refractivity contribution >= 4 is 29.3 Å². The van der Waals surface area contributed by atoms with Crippen LogP contribution in [0.5, 0.6) is 0 Å².